The minimum Gasteiger partial charge on any atom is -0.361 e. The van der Waals surface area contributed by atoms with Crippen LogP contribution in [-0.2, 0) is 0 Å². The van der Waals surface area contributed by atoms with E-state index >= 15 is 0 Å². The quantitative estimate of drug-likeness (QED) is 0.544. The SMILES string of the molecule is BC.c1ccc2[nH]ccc2c1. The zero-order valence-electron chi connectivity index (χ0n) is 6.96. The maximum absolute atomic E-state index is 3.12. The summed E-state index contributed by atoms with van der Waals surface area (Å²) in [6, 6.07) is 10.3. The molecular weight excluding hydrogens is 133 g/mol. The van der Waals surface area contributed by atoms with Crippen molar-refractivity contribution < 1.29 is 0 Å². The smallest absolute Gasteiger partial charge is 0.0973 e. The van der Waals surface area contributed by atoms with Crippen molar-refractivity contribution in [2.45, 2.75) is 6.82 Å². The molecule has 1 N–H and O–H groups in total. The Morgan fingerprint density at radius 1 is 1.09 bits per heavy atom. The van der Waals surface area contributed by atoms with Crippen molar-refractivity contribution in [1.82, 2.24) is 4.98 Å². The molecule has 2 heteroatoms. The molecule has 0 aliphatic rings. The van der Waals surface area contributed by atoms with Crippen LogP contribution in [0, 0.1) is 0 Å². The van der Waals surface area contributed by atoms with Crippen molar-refractivity contribution in [3.05, 3.63) is 36.5 Å². The van der Waals surface area contributed by atoms with Crippen LogP contribution in [0.2, 0.25) is 6.82 Å². The van der Waals surface area contributed by atoms with Crippen molar-refractivity contribution >= 4 is 18.7 Å². The number of hydrogen-bond acceptors (Lipinski definition) is 0. The van der Waals surface area contributed by atoms with E-state index in [0.29, 0.717) is 0 Å². The minimum absolute atomic E-state index is 1.21. The summed E-state index contributed by atoms with van der Waals surface area (Å²) in [5, 5.41) is 1.28. The molecule has 11 heavy (non-hydrogen) atoms. The molecule has 0 bridgehead atoms. The van der Waals surface area contributed by atoms with Gasteiger partial charge in [0, 0.05) is 11.7 Å². The van der Waals surface area contributed by atoms with Crippen molar-refractivity contribution in [3.8, 4) is 0 Å². The predicted octanol–water partition coefficient (Wildman–Crippen LogP) is 1.84. The first kappa shape index (κ1) is 7.93. The highest BCUT2D eigenvalue weighted by atomic mass is 14.6. The maximum Gasteiger partial charge on any atom is 0.0973 e. The monoisotopic (exact) mass is 145 g/mol. The van der Waals surface area contributed by atoms with Gasteiger partial charge in [0.15, 0.2) is 0 Å². The van der Waals surface area contributed by atoms with Crippen LogP contribution < -0.4 is 0 Å². The Bertz CT molecular complexity index is 284. The lowest BCUT2D eigenvalue weighted by molar-refractivity contribution is 1.48. The molecule has 1 heterocycles. The molecule has 0 atom stereocenters. The van der Waals surface area contributed by atoms with Gasteiger partial charge in [0.2, 0.25) is 0 Å². The van der Waals surface area contributed by atoms with Gasteiger partial charge in [-0.25, -0.2) is 0 Å². The first-order valence-corrected chi connectivity index (χ1v) is 3.99. The van der Waals surface area contributed by atoms with E-state index in [4.69, 9.17) is 0 Å². The fourth-order valence-electron chi connectivity index (χ4n) is 0.995. The number of aromatic nitrogens is 1. The molecule has 0 saturated carbocycles. The summed E-state index contributed by atoms with van der Waals surface area (Å²) in [6.45, 7) is 2.00. The van der Waals surface area contributed by atoms with Crippen molar-refractivity contribution in [1.29, 1.82) is 0 Å². The molecule has 0 aliphatic carbocycles. The zero-order valence-corrected chi connectivity index (χ0v) is 6.96. The lowest BCUT2D eigenvalue weighted by Crippen LogP contribution is -1.61. The molecule has 1 aromatic heterocycles. The van der Waals surface area contributed by atoms with Crippen LogP contribution in [0.5, 0.6) is 0 Å². The number of hydrogen-bond donors (Lipinski definition) is 1. The van der Waals surface area contributed by atoms with E-state index < -0.39 is 0 Å². The van der Waals surface area contributed by atoms with Crippen LogP contribution >= 0.6 is 0 Å². The molecule has 0 radical (unpaired) electrons. The third-order valence-corrected chi connectivity index (χ3v) is 1.46. The van der Waals surface area contributed by atoms with Crippen LogP contribution in [-0.4, -0.2) is 12.8 Å². The summed E-state index contributed by atoms with van der Waals surface area (Å²) in [7, 11) is 2.00. The molecule has 56 valence electrons. The highest BCUT2D eigenvalue weighted by Crippen LogP contribution is 2.09. The number of aromatic amines is 1. The van der Waals surface area contributed by atoms with Gasteiger partial charge in [-0.15, -0.1) is 0 Å². The highest BCUT2D eigenvalue weighted by Gasteiger charge is 1.86. The maximum atomic E-state index is 3.12. The summed E-state index contributed by atoms with van der Waals surface area (Å²) in [5.41, 5.74) is 1.21. The minimum atomic E-state index is 1.21. The van der Waals surface area contributed by atoms with E-state index in [9.17, 15) is 0 Å². The van der Waals surface area contributed by atoms with Gasteiger partial charge >= 0.3 is 0 Å². The Labute approximate surface area is 67.8 Å². The largest absolute Gasteiger partial charge is 0.361 e. The Morgan fingerprint density at radius 2 is 1.82 bits per heavy atom. The summed E-state index contributed by atoms with van der Waals surface area (Å²) >= 11 is 0. The topological polar surface area (TPSA) is 15.8 Å². The molecule has 1 aromatic carbocycles. The predicted molar refractivity (Wildman–Crippen MR) is 52.7 cm³/mol. The molecule has 0 amide bonds. The fraction of sp³-hybridized carbons (Fsp3) is 0.111. The average molecular weight is 145 g/mol. The highest BCUT2D eigenvalue weighted by molar-refractivity contribution is 6.05. The molecule has 1 nitrogen and oxygen atoms in total. The van der Waals surface area contributed by atoms with Gasteiger partial charge in [0.1, 0.15) is 0 Å². The van der Waals surface area contributed by atoms with Crippen molar-refractivity contribution in [3.63, 3.8) is 0 Å². The average Bonchev–Trinajstić information content (AvgIpc) is 2.55. The Morgan fingerprint density at radius 3 is 2.55 bits per heavy atom. The summed E-state index contributed by atoms with van der Waals surface area (Å²) < 4.78 is 0. The lowest BCUT2D eigenvalue weighted by atomic mass is 10.2. The normalized spacial score (nSPS) is 8.82. The second-order valence-electron chi connectivity index (χ2n) is 2.06. The van der Waals surface area contributed by atoms with Crippen LogP contribution in [0.15, 0.2) is 36.5 Å². The molecular formula is C9H12BN. The molecule has 0 fully saturated rings. The van der Waals surface area contributed by atoms with Crippen LogP contribution in [0.4, 0.5) is 0 Å². The van der Waals surface area contributed by atoms with E-state index in [1.165, 1.54) is 10.9 Å². The van der Waals surface area contributed by atoms with Gasteiger partial charge in [-0.1, -0.05) is 25.0 Å². The van der Waals surface area contributed by atoms with E-state index in [-0.39, 0.29) is 0 Å². The molecule has 0 aliphatic heterocycles. The second-order valence-corrected chi connectivity index (χ2v) is 2.06. The number of nitrogens with one attached hydrogen (secondary N) is 1. The number of rotatable bonds is 0. The number of para-hydroxylation sites is 1. The van der Waals surface area contributed by atoms with Crippen molar-refractivity contribution in [2.75, 3.05) is 0 Å². The van der Waals surface area contributed by atoms with E-state index in [1.54, 1.807) is 0 Å². The number of fused-ring (bicyclic) bond motifs is 1. The molecule has 2 aromatic rings. The van der Waals surface area contributed by atoms with Crippen LogP contribution in [0.3, 0.4) is 0 Å². The molecule has 2 rings (SSSR count). The second kappa shape index (κ2) is 3.86. The third-order valence-electron chi connectivity index (χ3n) is 1.46. The summed E-state index contributed by atoms with van der Waals surface area (Å²) in [4.78, 5) is 3.12. The van der Waals surface area contributed by atoms with E-state index in [1.807, 2.05) is 33.0 Å². The Kier molecular flexibility index (Phi) is 2.78. The Hall–Kier alpha value is -1.18. The van der Waals surface area contributed by atoms with Gasteiger partial charge in [-0.3, -0.25) is 0 Å². The number of benzene rings is 1. The van der Waals surface area contributed by atoms with Gasteiger partial charge in [-0.2, -0.15) is 0 Å². The molecule has 0 saturated heterocycles. The third kappa shape index (κ3) is 1.64. The Balaban J connectivity index is 0.000000281. The van der Waals surface area contributed by atoms with Gasteiger partial charge in [0.25, 0.3) is 0 Å². The number of H-pyrrole nitrogens is 1. The lowest BCUT2D eigenvalue weighted by Gasteiger charge is -1.83. The zero-order chi connectivity index (χ0) is 8.10. The standard InChI is InChI=1S/C8H7N.CH5B/c1-2-4-8-7(3-1)5-6-9-8;1-2/h1-6,9H;2H2,1H3. The van der Waals surface area contributed by atoms with Crippen molar-refractivity contribution in [2.24, 2.45) is 0 Å². The first-order chi connectivity index (χ1) is 5.47. The summed E-state index contributed by atoms with van der Waals surface area (Å²) in [6.07, 6.45) is 1.95. The van der Waals surface area contributed by atoms with E-state index in [0.717, 1.165) is 0 Å². The van der Waals surface area contributed by atoms with Crippen LogP contribution in [0.25, 0.3) is 10.9 Å². The van der Waals surface area contributed by atoms with Gasteiger partial charge in [-0.05, 0) is 17.5 Å². The molecule has 0 spiro atoms. The molecule has 0 unspecified atom stereocenters. The fourth-order valence-corrected chi connectivity index (χ4v) is 0.995. The van der Waals surface area contributed by atoms with E-state index in [2.05, 4.69) is 23.2 Å². The summed E-state index contributed by atoms with van der Waals surface area (Å²) in [5.74, 6) is 0. The first-order valence-electron chi connectivity index (χ1n) is 3.99. The van der Waals surface area contributed by atoms with Crippen LogP contribution in [0.1, 0.15) is 0 Å². The van der Waals surface area contributed by atoms with Gasteiger partial charge in [0.05, 0.1) is 7.85 Å². The van der Waals surface area contributed by atoms with Gasteiger partial charge < -0.3 is 4.98 Å².